The number of hydrogen-bond acceptors (Lipinski definition) is 4. The number of oxime groups is 1. The van der Waals surface area contributed by atoms with Crippen LogP contribution in [0.25, 0.3) is 0 Å². The molecule has 0 amide bonds. The van der Waals surface area contributed by atoms with Crippen molar-refractivity contribution in [1.29, 1.82) is 0 Å². The summed E-state index contributed by atoms with van der Waals surface area (Å²) >= 11 is 0. The fourth-order valence-electron chi connectivity index (χ4n) is 1.04. The van der Waals surface area contributed by atoms with Crippen LogP contribution < -0.4 is 5.73 Å². The van der Waals surface area contributed by atoms with E-state index in [-0.39, 0.29) is 11.4 Å². The average Bonchev–Trinajstić information content (AvgIpc) is 2.38. The molecule has 0 heterocycles. The Kier molecular flexibility index (Phi) is 6.70. The molecule has 7 nitrogen and oxygen atoms in total. The van der Waals surface area contributed by atoms with Crippen LogP contribution in [0.1, 0.15) is 15.9 Å². The molecule has 10 heteroatoms. The molecule has 1 aromatic carbocycles. The van der Waals surface area contributed by atoms with Gasteiger partial charge in [-0.1, -0.05) is 23.4 Å². The van der Waals surface area contributed by atoms with Gasteiger partial charge in [-0.3, -0.25) is 0 Å². The molecule has 1 rings (SSSR count). The van der Waals surface area contributed by atoms with Gasteiger partial charge in [-0.2, -0.15) is 13.2 Å². The monoisotopic (exact) mass is 308 g/mol. The third-order valence-corrected chi connectivity index (χ3v) is 1.87. The maximum atomic E-state index is 10.8. The molecule has 0 atom stereocenters. The van der Waals surface area contributed by atoms with Crippen LogP contribution in [0.4, 0.5) is 13.2 Å². The topological polar surface area (TPSA) is 122 Å². The van der Waals surface area contributed by atoms with E-state index in [1.807, 2.05) is 0 Å². The lowest BCUT2D eigenvalue weighted by molar-refractivity contribution is -0.192. The Hall–Kier alpha value is -2.78. The Morgan fingerprint density at radius 3 is 1.95 bits per heavy atom. The molecule has 21 heavy (non-hydrogen) atoms. The second-order valence-corrected chi connectivity index (χ2v) is 3.31. The molecular weight excluding hydrogens is 297 g/mol. The zero-order chi connectivity index (χ0) is 16.6. The van der Waals surface area contributed by atoms with Crippen molar-refractivity contribution in [2.75, 3.05) is 7.11 Å². The summed E-state index contributed by atoms with van der Waals surface area (Å²) in [5.74, 6) is -3.76. The number of rotatable bonds is 3. The van der Waals surface area contributed by atoms with E-state index in [1.165, 1.54) is 13.2 Å². The lowest BCUT2D eigenvalue weighted by atomic mass is 10.1. The minimum absolute atomic E-state index is 0.0468. The summed E-state index contributed by atoms with van der Waals surface area (Å²) in [5, 5.41) is 19.4. The van der Waals surface area contributed by atoms with Crippen molar-refractivity contribution in [2.45, 2.75) is 6.18 Å². The van der Waals surface area contributed by atoms with Crippen molar-refractivity contribution in [3.8, 4) is 0 Å². The van der Waals surface area contributed by atoms with Gasteiger partial charge in [0.15, 0.2) is 5.84 Å². The van der Waals surface area contributed by atoms with E-state index in [4.69, 9.17) is 20.7 Å². The highest BCUT2D eigenvalue weighted by Crippen LogP contribution is 2.13. The van der Waals surface area contributed by atoms with E-state index in [2.05, 4.69) is 9.99 Å². The fourth-order valence-corrected chi connectivity index (χ4v) is 1.04. The van der Waals surface area contributed by atoms with Crippen LogP contribution >= 0.6 is 0 Å². The molecule has 0 aromatic heterocycles. The normalized spacial score (nSPS) is 11.1. The number of aliphatic carboxylic acids is 1. The van der Waals surface area contributed by atoms with Crippen molar-refractivity contribution in [2.24, 2.45) is 10.9 Å². The lowest BCUT2D eigenvalue weighted by Crippen LogP contribution is -2.21. The number of nitrogens with zero attached hydrogens (tertiary/aromatic N) is 1. The molecular formula is C11H11F3N2O5. The average molecular weight is 308 g/mol. The predicted octanol–water partition coefficient (Wildman–Crippen LogP) is 1.28. The second-order valence-electron chi connectivity index (χ2n) is 3.31. The quantitative estimate of drug-likeness (QED) is 0.439. The van der Waals surface area contributed by atoms with Gasteiger partial charge in [-0.15, -0.1) is 0 Å². The summed E-state index contributed by atoms with van der Waals surface area (Å²) in [6.45, 7) is 0. The zero-order valence-corrected chi connectivity index (χ0v) is 10.6. The third kappa shape index (κ3) is 6.27. The van der Waals surface area contributed by atoms with E-state index in [9.17, 15) is 18.0 Å². The van der Waals surface area contributed by atoms with Crippen LogP contribution in [-0.2, 0) is 9.63 Å². The molecule has 0 spiro atoms. The zero-order valence-electron chi connectivity index (χ0n) is 10.6. The molecule has 0 aliphatic heterocycles. The van der Waals surface area contributed by atoms with E-state index < -0.39 is 18.1 Å². The van der Waals surface area contributed by atoms with Crippen LogP contribution in [0.3, 0.4) is 0 Å². The van der Waals surface area contributed by atoms with Crippen molar-refractivity contribution < 1.29 is 37.8 Å². The van der Waals surface area contributed by atoms with Crippen LogP contribution in [0.15, 0.2) is 29.4 Å². The summed E-state index contributed by atoms with van der Waals surface area (Å²) in [6, 6.07) is 6.32. The molecule has 0 saturated carbocycles. The minimum Gasteiger partial charge on any atom is -0.478 e. The maximum absolute atomic E-state index is 10.8. The maximum Gasteiger partial charge on any atom is 0.490 e. The molecule has 0 bridgehead atoms. The Balaban J connectivity index is 0.000000486. The summed E-state index contributed by atoms with van der Waals surface area (Å²) in [7, 11) is 1.34. The van der Waals surface area contributed by atoms with Crippen molar-refractivity contribution in [1.82, 2.24) is 0 Å². The molecule has 0 aliphatic carbocycles. The van der Waals surface area contributed by atoms with Gasteiger partial charge in [0.05, 0.1) is 5.56 Å². The number of carboxylic acids is 2. The van der Waals surface area contributed by atoms with Crippen molar-refractivity contribution in [3.63, 3.8) is 0 Å². The molecule has 0 radical (unpaired) electrons. The molecule has 1 aromatic rings. The van der Waals surface area contributed by atoms with Gasteiger partial charge in [0, 0.05) is 5.56 Å². The van der Waals surface area contributed by atoms with Crippen molar-refractivity contribution in [3.05, 3.63) is 35.4 Å². The van der Waals surface area contributed by atoms with Crippen LogP contribution in [0.2, 0.25) is 0 Å². The first-order valence-corrected chi connectivity index (χ1v) is 5.10. The first-order valence-electron chi connectivity index (χ1n) is 5.10. The Bertz CT molecular complexity index is 543. The molecule has 0 unspecified atom stereocenters. The van der Waals surface area contributed by atoms with Gasteiger partial charge < -0.3 is 20.8 Å². The number of hydrogen-bond donors (Lipinski definition) is 3. The molecule has 116 valence electrons. The number of amidine groups is 1. The number of carboxylic acid groups (broad SMARTS) is 2. The van der Waals surface area contributed by atoms with Crippen LogP contribution in [-0.4, -0.2) is 41.3 Å². The minimum atomic E-state index is -5.08. The van der Waals surface area contributed by atoms with Crippen LogP contribution in [0.5, 0.6) is 0 Å². The van der Waals surface area contributed by atoms with Gasteiger partial charge in [0.2, 0.25) is 0 Å². The fraction of sp³-hybridized carbons (Fsp3) is 0.182. The Morgan fingerprint density at radius 2 is 1.62 bits per heavy atom. The van der Waals surface area contributed by atoms with Gasteiger partial charge >= 0.3 is 18.1 Å². The third-order valence-electron chi connectivity index (χ3n) is 1.87. The Labute approximate surface area is 116 Å². The van der Waals surface area contributed by atoms with Gasteiger partial charge in [0.25, 0.3) is 0 Å². The lowest BCUT2D eigenvalue weighted by Gasteiger charge is -2.03. The van der Waals surface area contributed by atoms with Gasteiger partial charge in [-0.25, -0.2) is 9.59 Å². The van der Waals surface area contributed by atoms with E-state index in [0.29, 0.717) is 5.56 Å². The van der Waals surface area contributed by atoms with Gasteiger partial charge in [0.1, 0.15) is 7.11 Å². The molecule has 0 aliphatic rings. The summed E-state index contributed by atoms with van der Waals surface area (Å²) < 4.78 is 31.7. The number of halogens is 3. The summed E-state index contributed by atoms with van der Waals surface area (Å²) in [6.07, 6.45) is -5.08. The molecule has 0 fully saturated rings. The number of carbonyl (C=O) groups is 2. The first-order chi connectivity index (χ1) is 9.61. The highest BCUT2D eigenvalue weighted by molar-refractivity contribution is 6.06. The highest BCUT2D eigenvalue weighted by atomic mass is 19.4. The number of nitrogens with two attached hydrogens (primary N) is 1. The highest BCUT2D eigenvalue weighted by Gasteiger charge is 2.38. The smallest absolute Gasteiger partial charge is 0.478 e. The van der Waals surface area contributed by atoms with E-state index in [0.717, 1.165) is 0 Å². The van der Waals surface area contributed by atoms with Crippen LogP contribution in [0, 0.1) is 0 Å². The summed E-state index contributed by atoms with van der Waals surface area (Å²) in [5.41, 5.74) is 5.96. The predicted molar refractivity (Wildman–Crippen MR) is 64.8 cm³/mol. The van der Waals surface area contributed by atoms with Gasteiger partial charge in [-0.05, 0) is 6.07 Å². The standard InChI is InChI=1S/C9H10N2O3.C2HF3O2/c1-14-11-8(10)6-4-2-3-5-7(6)9(12)13;3-2(4,5)1(6)7/h2-5H,1H3,(H2,10,11)(H,12,13);(H,6,7). The number of benzene rings is 1. The number of aromatic carboxylic acids is 1. The summed E-state index contributed by atoms with van der Waals surface area (Å²) in [4.78, 5) is 24.1. The molecule has 4 N–H and O–H groups in total. The first kappa shape index (κ1) is 18.2. The van der Waals surface area contributed by atoms with E-state index >= 15 is 0 Å². The second kappa shape index (κ2) is 7.72. The molecule has 0 saturated heterocycles. The van der Waals surface area contributed by atoms with E-state index in [1.54, 1.807) is 18.2 Å². The SMILES string of the molecule is CON=C(N)c1ccccc1C(=O)O.O=C(O)C(F)(F)F. The number of alkyl halides is 3. The van der Waals surface area contributed by atoms with Crippen molar-refractivity contribution >= 4 is 17.8 Å². The largest absolute Gasteiger partial charge is 0.490 e. The Morgan fingerprint density at radius 1 is 1.19 bits per heavy atom.